The quantitative estimate of drug-likeness (QED) is 0.405. The molecule has 0 aliphatic heterocycles. The van der Waals surface area contributed by atoms with Crippen LogP contribution < -0.4 is 10.6 Å². The van der Waals surface area contributed by atoms with E-state index in [4.69, 9.17) is 4.42 Å². The first-order valence-corrected chi connectivity index (χ1v) is 10.4. The van der Waals surface area contributed by atoms with Crippen molar-refractivity contribution in [3.63, 3.8) is 0 Å². The second kappa shape index (κ2) is 8.54. The van der Waals surface area contributed by atoms with Gasteiger partial charge < -0.3 is 4.42 Å². The van der Waals surface area contributed by atoms with Crippen LogP contribution in [0.5, 0.6) is 0 Å². The van der Waals surface area contributed by atoms with Gasteiger partial charge in [-0.2, -0.15) is 0 Å². The summed E-state index contributed by atoms with van der Waals surface area (Å²) in [7, 11) is 0. The number of Topliss-reactive ketones (excluding diaryl/α,β-unsaturated/α-hetero) is 1. The molecule has 0 unspecified atom stereocenters. The molecule has 1 aliphatic rings. The number of ketones is 1. The molecule has 0 amide bonds. The lowest BCUT2D eigenvalue weighted by atomic mass is 9.94. The maximum atomic E-state index is 13.0. The smallest absolute Gasteiger partial charge is 0.193 e. The number of allylic oxidation sites excluding steroid dienone is 3. The molecule has 1 heterocycles. The van der Waals surface area contributed by atoms with Crippen LogP contribution in [0.25, 0.3) is 29.0 Å². The lowest BCUT2D eigenvalue weighted by molar-refractivity contribution is 0.105. The van der Waals surface area contributed by atoms with Crippen LogP contribution in [0.1, 0.15) is 41.8 Å². The first-order chi connectivity index (χ1) is 14.5. The molecule has 0 saturated heterocycles. The average molecular weight is 395 g/mol. The highest BCUT2D eigenvalue weighted by Gasteiger charge is 2.14. The molecule has 2 aromatic carbocycles. The Balaban J connectivity index is 1.56. The average Bonchev–Trinajstić information content (AvgIpc) is 3.03. The van der Waals surface area contributed by atoms with Crippen LogP contribution in [0, 0.1) is 5.92 Å². The van der Waals surface area contributed by atoms with Gasteiger partial charge in [0.25, 0.3) is 0 Å². The van der Waals surface area contributed by atoms with Crippen LogP contribution in [0.15, 0.2) is 77.7 Å². The molecule has 2 heteroatoms. The third-order valence-electron chi connectivity index (χ3n) is 5.27. The van der Waals surface area contributed by atoms with Crippen molar-refractivity contribution in [1.82, 2.24) is 0 Å². The number of benzene rings is 2. The van der Waals surface area contributed by atoms with Gasteiger partial charge in [-0.3, -0.25) is 4.79 Å². The SMILES string of the molecule is C=C(C(=O)c1cccc(CC(C)C)c1)c1ccc(-c2cc3c(o2)=CC=CCC=3)cc1. The minimum atomic E-state index is -0.0333. The van der Waals surface area contributed by atoms with Gasteiger partial charge in [-0.05, 0) is 48.1 Å². The number of carbonyl (C=O) groups excluding carboxylic acids is 1. The van der Waals surface area contributed by atoms with E-state index in [0.29, 0.717) is 17.1 Å². The van der Waals surface area contributed by atoms with Crippen LogP contribution in [-0.2, 0) is 6.42 Å². The Morgan fingerprint density at radius 1 is 1.07 bits per heavy atom. The number of hydrogen-bond acceptors (Lipinski definition) is 2. The zero-order valence-corrected chi connectivity index (χ0v) is 17.5. The lowest BCUT2D eigenvalue weighted by Gasteiger charge is -2.09. The molecule has 1 aromatic heterocycles. The summed E-state index contributed by atoms with van der Waals surface area (Å²) in [6.45, 7) is 8.43. The third-order valence-corrected chi connectivity index (χ3v) is 5.27. The van der Waals surface area contributed by atoms with E-state index in [1.54, 1.807) is 0 Å². The summed E-state index contributed by atoms with van der Waals surface area (Å²) < 4.78 is 6.01. The summed E-state index contributed by atoms with van der Waals surface area (Å²) >= 11 is 0. The molecule has 150 valence electrons. The van der Waals surface area contributed by atoms with Crippen molar-refractivity contribution in [2.24, 2.45) is 5.92 Å². The molecule has 3 aromatic rings. The molecule has 0 fully saturated rings. The van der Waals surface area contributed by atoms with Crippen LogP contribution in [0.4, 0.5) is 0 Å². The van der Waals surface area contributed by atoms with E-state index in [9.17, 15) is 4.79 Å². The standard InChI is InChI=1S/C28H26O2/c1-19(2)16-21-8-7-10-25(17-21)28(29)20(3)22-12-14-23(15-13-22)27-18-24-9-5-4-6-11-26(24)30-27/h4,6-15,17-19H,3,5,16H2,1-2H3. The molecular formula is C28H26O2. The Bertz CT molecular complexity index is 1230. The van der Waals surface area contributed by atoms with E-state index in [-0.39, 0.29) is 5.78 Å². The minimum Gasteiger partial charge on any atom is -0.456 e. The molecular weight excluding hydrogens is 368 g/mol. The summed E-state index contributed by atoms with van der Waals surface area (Å²) in [6, 6.07) is 17.8. The topological polar surface area (TPSA) is 30.2 Å². The molecule has 0 spiro atoms. The predicted molar refractivity (Wildman–Crippen MR) is 124 cm³/mol. The molecule has 0 saturated carbocycles. The normalized spacial score (nSPS) is 12.6. The first kappa shape index (κ1) is 19.9. The van der Waals surface area contributed by atoms with Crippen molar-refractivity contribution in [2.45, 2.75) is 26.7 Å². The Kier molecular flexibility index (Phi) is 5.67. The first-order valence-electron chi connectivity index (χ1n) is 10.4. The maximum absolute atomic E-state index is 13.0. The third kappa shape index (κ3) is 4.28. The Morgan fingerprint density at radius 3 is 2.63 bits per heavy atom. The fourth-order valence-electron chi connectivity index (χ4n) is 3.73. The van der Waals surface area contributed by atoms with Gasteiger partial charge in [-0.25, -0.2) is 0 Å². The Hall–Kier alpha value is -3.39. The summed E-state index contributed by atoms with van der Waals surface area (Å²) in [5, 5.41) is 1.11. The summed E-state index contributed by atoms with van der Waals surface area (Å²) in [5.74, 6) is 1.34. The maximum Gasteiger partial charge on any atom is 0.193 e. The molecule has 2 nitrogen and oxygen atoms in total. The molecule has 1 aliphatic carbocycles. The van der Waals surface area contributed by atoms with Gasteiger partial charge in [-0.1, -0.05) is 81.1 Å². The van der Waals surface area contributed by atoms with E-state index in [1.807, 2.05) is 54.6 Å². The molecule has 4 rings (SSSR count). The molecule has 30 heavy (non-hydrogen) atoms. The van der Waals surface area contributed by atoms with Gasteiger partial charge in [0.05, 0.1) is 0 Å². The van der Waals surface area contributed by atoms with Gasteiger partial charge in [0.1, 0.15) is 11.2 Å². The van der Waals surface area contributed by atoms with Crippen molar-refractivity contribution >= 4 is 23.5 Å². The van der Waals surface area contributed by atoms with Crippen LogP contribution in [0.3, 0.4) is 0 Å². The molecule has 0 radical (unpaired) electrons. The number of fused-ring (bicyclic) bond motifs is 1. The van der Waals surface area contributed by atoms with Gasteiger partial charge in [0.15, 0.2) is 5.78 Å². The van der Waals surface area contributed by atoms with Crippen molar-refractivity contribution in [3.8, 4) is 11.3 Å². The number of rotatable bonds is 6. The van der Waals surface area contributed by atoms with Crippen molar-refractivity contribution in [1.29, 1.82) is 0 Å². The van der Waals surface area contributed by atoms with E-state index in [2.05, 4.69) is 44.7 Å². The van der Waals surface area contributed by atoms with Crippen LogP contribution in [0.2, 0.25) is 0 Å². The predicted octanol–water partition coefficient (Wildman–Crippen LogP) is 5.56. The molecule has 0 bridgehead atoms. The second-order valence-corrected chi connectivity index (χ2v) is 8.15. The number of hydrogen-bond donors (Lipinski definition) is 0. The number of furan rings is 1. The van der Waals surface area contributed by atoms with E-state index < -0.39 is 0 Å². The Morgan fingerprint density at radius 2 is 1.87 bits per heavy atom. The monoisotopic (exact) mass is 394 g/mol. The fourth-order valence-corrected chi connectivity index (χ4v) is 3.73. The van der Waals surface area contributed by atoms with Crippen LogP contribution in [-0.4, -0.2) is 5.78 Å². The van der Waals surface area contributed by atoms with E-state index in [0.717, 1.165) is 40.4 Å². The molecule has 0 N–H and O–H groups in total. The van der Waals surface area contributed by atoms with Gasteiger partial charge >= 0.3 is 0 Å². The van der Waals surface area contributed by atoms with Gasteiger partial charge in [0.2, 0.25) is 0 Å². The summed E-state index contributed by atoms with van der Waals surface area (Å²) in [4.78, 5) is 13.0. The van der Waals surface area contributed by atoms with Crippen LogP contribution >= 0.6 is 0 Å². The number of carbonyl (C=O) groups is 1. The van der Waals surface area contributed by atoms with E-state index >= 15 is 0 Å². The largest absolute Gasteiger partial charge is 0.456 e. The highest BCUT2D eigenvalue weighted by molar-refractivity contribution is 6.28. The molecule has 0 atom stereocenters. The second-order valence-electron chi connectivity index (χ2n) is 8.15. The lowest BCUT2D eigenvalue weighted by Crippen LogP contribution is -2.17. The zero-order chi connectivity index (χ0) is 21.1. The summed E-state index contributed by atoms with van der Waals surface area (Å²) in [5.41, 5.74) is 5.06. The van der Waals surface area contributed by atoms with Crippen molar-refractivity contribution < 1.29 is 9.21 Å². The van der Waals surface area contributed by atoms with Gasteiger partial charge in [0, 0.05) is 21.9 Å². The van der Waals surface area contributed by atoms with Crippen molar-refractivity contribution in [3.05, 3.63) is 101 Å². The van der Waals surface area contributed by atoms with E-state index in [1.165, 1.54) is 5.56 Å². The highest BCUT2D eigenvalue weighted by Crippen LogP contribution is 2.23. The van der Waals surface area contributed by atoms with Crippen molar-refractivity contribution in [2.75, 3.05) is 0 Å². The zero-order valence-electron chi connectivity index (χ0n) is 17.5. The summed E-state index contributed by atoms with van der Waals surface area (Å²) in [6.07, 6.45) is 10.1. The Labute approximate surface area is 177 Å². The van der Waals surface area contributed by atoms with Gasteiger partial charge in [-0.15, -0.1) is 0 Å². The fraction of sp³-hybridized carbons (Fsp3) is 0.179. The minimum absolute atomic E-state index is 0.0333. The highest BCUT2D eigenvalue weighted by atomic mass is 16.3.